The molecule has 4 nitrogen and oxygen atoms in total. The molecule has 0 fully saturated rings. The van der Waals surface area contributed by atoms with Crippen LogP contribution in [-0.2, 0) is 9.59 Å². The summed E-state index contributed by atoms with van der Waals surface area (Å²) in [5.41, 5.74) is 0. The van der Waals surface area contributed by atoms with Crippen molar-refractivity contribution in [1.82, 2.24) is 0 Å². The fourth-order valence-electron chi connectivity index (χ4n) is 0.827. The summed E-state index contributed by atoms with van der Waals surface area (Å²) in [4.78, 5) is 26.1. The maximum atomic E-state index is 9.63. The third-order valence-corrected chi connectivity index (χ3v) is 1.42. The summed E-state index contributed by atoms with van der Waals surface area (Å²) in [6.07, 6.45) is 6.80. The van der Waals surface area contributed by atoms with E-state index in [9.17, 15) is 9.59 Å². The van der Waals surface area contributed by atoms with E-state index in [1.54, 1.807) is 0 Å². The summed E-state index contributed by atoms with van der Waals surface area (Å²) in [7, 11) is 0. The van der Waals surface area contributed by atoms with E-state index in [0.717, 1.165) is 25.7 Å². The Kier molecular flexibility index (Phi) is 16.5. The predicted molar refractivity (Wildman–Crippen MR) is 45.8 cm³/mol. The first-order valence-electron chi connectivity index (χ1n) is 3.99. The Labute approximate surface area is 96.7 Å². The Hall–Kier alpha value is -0.357. The molecule has 0 radical (unpaired) electrons. The second-order valence-corrected chi connectivity index (χ2v) is 2.36. The van der Waals surface area contributed by atoms with Gasteiger partial charge in [-0.15, -0.1) is 0 Å². The minimum absolute atomic E-state index is 0. The summed E-state index contributed by atoms with van der Waals surface area (Å²) in [5, 5.41) is 0. The second kappa shape index (κ2) is 14.2. The Morgan fingerprint density at radius 3 is 1.46 bits per heavy atom. The molecule has 0 saturated carbocycles. The molecule has 0 N–H and O–H groups in total. The summed E-state index contributed by atoms with van der Waals surface area (Å²) in [6, 6.07) is 0. The van der Waals surface area contributed by atoms with Gasteiger partial charge in [-0.3, -0.25) is 0 Å². The standard InChI is InChI=1S/C8H12N2O2.AtH/c11-7-9-5-3-1-2-4-6-10-8-12;/h1-6H2;1H. The van der Waals surface area contributed by atoms with Gasteiger partial charge in [0.25, 0.3) is 0 Å². The van der Waals surface area contributed by atoms with Crippen molar-refractivity contribution in [3.63, 3.8) is 0 Å². The summed E-state index contributed by atoms with van der Waals surface area (Å²) in [6.45, 7) is 1.11. The van der Waals surface area contributed by atoms with Gasteiger partial charge in [0.1, 0.15) is 0 Å². The van der Waals surface area contributed by atoms with E-state index in [-0.39, 0.29) is 26.2 Å². The van der Waals surface area contributed by atoms with E-state index in [2.05, 4.69) is 9.98 Å². The van der Waals surface area contributed by atoms with Crippen LogP contribution in [0, 0.1) is 26.2 Å². The molecule has 0 aromatic carbocycles. The molecular weight excluding hydrogens is 366 g/mol. The van der Waals surface area contributed by atoms with Crippen molar-refractivity contribution in [3.05, 3.63) is 0 Å². The SMILES string of the molecule is O=C=NCCCCCCN=C=O.[AtH]. The van der Waals surface area contributed by atoms with Gasteiger partial charge in [-0.25, -0.2) is 19.6 Å². The molecule has 0 aliphatic carbocycles. The van der Waals surface area contributed by atoms with E-state index < -0.39 is 0 Å². The van der Waals surface area contributed by atoms with Crippen molar-refractivity contribution >= 4 is 12.2 Å². The number of unbranched alkanes of at least 4 members (excludes halogenated alkanes) is 3. The summed E-state index contributed by atoms with van der Waals surface area (Å²) in [5.74, 6) is 0. The zero-order valence-electron chi connectivity index (χ0n) is 7.36. The average Bonchev–Trinajstić information content (AvgIpc) is 2.10. The van der Waals surface area contributed by atoms with Crippen molar-refractivity contribution in [2.24, 2.45) is 9.98 Å². The number of carbonyl (C=O) groups excluding carboxylic acids is 2. The fourth-order valence-corrected chi connectivity index (χ4v) is 0.827. The first-order chi connectivity index (χ1) is 5.91. The average molecular weight is 379 g/mol. The van der Waals surface area contributed by atoms with Gasteiger partial charge in [-0.05, 0) is 12.8 Å². The Morgan fingerprint density at radius 2 is 1.15 bits per heavy atom. The number of isocyanates is 2. The number of aliphatic imine (C=N–C) groups is 2. The number of hydrogen-bond acceptors (Lipinski definition) is 4. The molecule has 0 aromatic rings. The van der Waals surface area contributed by atoms with Gasteiger partial charge in [-0.1, -0.05) is 12.8 Å². The van der Waals surface area contributed by atoms with Gasteiger partial charge < -0.3 is 0 Å². The van der Waals surface area contributed by atoms with Crippen molar-refractivity contribution in [2.75, 3.05) is 13.1 Å². The normalized spacial score (nSPS) is 7.69. The van der Waals surface area contributed by atoms with Crippen LogP contribution in [0.25, 0.3) is 0 Å². The minimum atomic E-state index is 0. The third-order valence-electron chi connectivity index (χ3n) is 1.42. The number of hydrogen-bond donors (Lipinski definition) is 0. The van der Waals surface area contributed by atoms with Gasteiger partial charge in [0, 0.05) is 0 Å². The van der Waals surface area contributed by atoms with Crippen LogP contribution in [0.4, 0.5) is 0 Å². The van der Waals surface area contributed by atoms with Crippen LogP contribution in [0.5, 0.6) is 0 Å². The Balaban J connectivity index is 0. The number of rotatable bonds is 7. The molecule has 5 heteroatoms. The van der Waals surface area contributed by atoms with Crippen LogP contribution in [0.2, 0.25) is 0 Å². The zero-order chi connectivity index (χ0) is 9.07. The molecule has 0 unspecified atom stereocenters. The van der Waals surface area contributed by atoms with Crippen molar-refractivity contribution in [3.8, 4) is 0 Å². The fraction of sp³-hybridized carbons (Fsp3) is 0.750. The molecule has 0 bridgehead atoms. The van der Waals surface area contributed by atoms with Crippen LogP contribution in [-0.4, -0.2) is 25.2 Å². The first kappa shape index (κ1) is 15.1. The molecule has 13 heavy (non-hydrogen) atoms. The van der Waals surface area contributed by atoms with Crippen LogP contribution in [0.3, 0.4) is 0 Å². The molecule has 0 spiro atoms. The van der Waals surface area contributed by atoms with Crippen LogP contribution in [0.15, 0.2) is 9.98 Å². The molecule has 0 aromatic heterocycles. The van der Waals surface area contributed by atoms with Crippen molar-refractivity contribution < 1.29 is 35.8 Å². The molecule has 0 aliphatic rings. The molecule has 0 amide bonds. The van der Waals surface area contributed by atoms with Crippen LogP contribution >= 0.6 is 0 Å². The quantitative estimate of drug-likeness (QED) is 0.376. The molecular formula is C8H13AtN2O2. The first-order valence-corrected chi connectivity index (χ1v) is 3.99. The molecule has 0 heterocycles. The maximum absolute atomic E-state index is 9.63. The predicted octanol–water partition coefficient (Wildman–Crippen LogP) is 0.951. The van der Waals surface area contributed by atoms with Gasteiger partial charge in [0.2, 0.25) is 12.2 Å². The van der Waals surface area contributed by atoms with Gasteiger partial charge in [0.15, 0.2) is 0 Å². The monoisotopic (exact) mass is 379 g/mol. The summed E-state index contributed by atoms with van der Waals surface area (Å²) < 4.78 is 0. The van der Waals surface area contributed by atoms with Gasteiger partial charge in [0.05, 0.1) is 13.1 Å². The van der Waals surface area contributed by atoms with Crippen molar-refractivity contribution in [1.29, 1.82) is 0 Å². The summed E-state index contributed by atoms with van der Waals surface area (Å²) >= 11 is 0. The second-order valence-electron chi connectivity index (χ2n) is 2.36. The topological polar surface area (TPSA) is 58.9 Å². The van der Waals surface area contributed by atoms with Crippen molar-refractivity contribution in [2.45, 2.75) is 25.7 Å². The van der Waals surface area contributed by atoms with E-state index in [1.165, 1.54) is 12.2 Å². The van der Waals surface area contributed by atoms with Crippen LogP contribution in [0.1, 0.15) is 25.7 Å². The number of nitrogens with zero attached hydrogens (tertiary/aromatic N) is 2. The Morgan fingerprint density at radius 1 is 0.769 bits per heavy atom. The van der Waals surface area contributed by atoms with Gasteiger partial charge >= 0.3 is 26.2 Å². The molecule has 0 rings (SSSR count). The Bertz CT molecular complexity index is 174. The van der Waals surface area contributed by atoms with E-state index in [0.29, 0.717) is 13.1 Å². The molecule has 0 aliphatic heterocycles. The van der Waals surface area contributed by atoms with Gasteiger partial charge in [-0.2, -0.15) is 0 Å². The van der Waals surface area contributed by atoms with E-state index in [4.69, 9.17) is 0 Å². The zero-order valence-corrected chi connectivity index (χ0v) is 10.5. The molecule has 74 valence electrons. The van der Waals surface area contributed by atoms with E-state index in [1.807, 2.05) is 0 Å². The molecule has 0 atom stereocenters. The van der Waals surface area contributed by atoms with E-state index >= 15 is 0 Å². The third kappa shape index (κ3) is 14.5. The van der Waals surface area contributed by atoms with Crippen LogP contribution < -0.4 is 0 Å². The molecule has 0 saturated heterocycles.